The predicted molar refractivity (Wildman–Crippen MR) is 59.2 cm³/mol. The Kier molecular flexibility index (Phi) is 3.01. The van der Waals surface area contributed by atoms with Crippen molar-refractivity contribution in [3.8, 4) is 0 Å². The molecular formula is C11H11ClFNO2. The second-order valence-electron chi connectivity index (χ2n) is 3.62. The molecule has 86 valence electrons. The van der Waals surface area contributed by atoms with Crippen LogP contribution in [0.3, 0.4) is 0 Å². The van der Waals surface area contributed by atoms with Crippen LogP contribution in [0.1, 0.15) is 6.42 Å². The first-order valence-corrected chi connectivity index (χ1v) is 5.31. The van der Waals surface area contributed by atoms with Crippen LogP contribution in [0.2, 0.25) is 5.02 Å². The summed E-state index contributed by atoms with van der Waals surface area (Å²) in [6.45, 7) is 0.683. The van der Waals surface area contributed by atoms with Gasteiger partial charge in [0.15, 0.2) is 0 Å². The van der Waals surface area contributed by atoms with Crippen molar-refractivity contribution in [1.29, 1.82) is 0 Å². The number of hydrogen-bond acceptors (Lipinski definition) is 3. The van der Waals surface area contributed by atoms with Gasteiger partial charge in [0, 0.05) is 6.54 Å². The molecule has 0 bridgehead atoms. The van der Waals surface area contributed by atoms with Gasteiger partial charge in [0.25, 0.3) is 0 Å². The summed E-state index contributed by atoms with van der Waals surface area (Å²) in [5, 5.41) is 0.440. The molecule has 0 amide bonds. The zero-order valence-corrected chi connectivity index (χ0v) is 9.50. The average Bonchev–Trinajstić information content (AvgIpc) is 2.21. The molecule has 1 unspecified atom stereocenters. The van der Waals surface area contributed by atoms with Gasteiger partial charge in [0.2, 0.25) is 0 Å². The van der Waals surface area contributed by atoms with E-state index in [1.54, 1.807) is 4.90 Å². The van der Waals surface area contributed by atoms with E-state index in [-0.39, 0.29) is 17.8 Å². The maximum Gasteiger partial charge on any atom is 0.328 e. The summed E-state index contributed by atoms with van der Waals surface area (Å²) in [5.74, 6) is -0.679. The molecule has 1 fully saturated rings. The lowest BCUT2D eigenvalue weighted by atomic mass is 10.0. The first kappa shape index (κ1) is 11.2. The number of halogens is 2. The number of carbonyl (C=O) groups excluding carboxylic acids is 1. The average molecular weight is 244 g/mol. The Balaban J connectivity index is 2.24. The molecule has 1 saturated heterocycles. The first-order chi connectivity index (χ1) is 7.63. The minimum atomic E-state index is -0.366. The van der Waals surface area contributed by atoms with Gasteiger partial charge >= 0.3 is 5.97 Å². The van der Waals surface area contributed by atoms with Crippen LogP contribution < -0.4 is 4.90 Å². The van der Waals surface area contributed by atoms with Crippen molar-refractivity contribution in [3.05, 3.63) is 29.0 Å². The number of rotatable bonds is 2. The van der Waals surface area contributed by atoms with Gasteiger partial charge in [-0.15, -0.1) is 0 Å². The fourth-order valence-electron chi connectivity index (χ4n) is 1.76. The van der Waals surface area contributed by atoms with Gasteiger partial charge in [-0.1, -0.05) is 11.6 Å². The van der Waals surface area contributed by atoms with E-state index in [0.29, 0.717) is 23.7 Å². The Bertz CT molecular complexity index is 424. The van der Waals surface area contributed by atoms with Crippen LogP contribution in [-0.4, -0.2) is 25.7 Å². The number of anilines is 1. The van der Waals surface area contributed by atoms with Crippen molar-refractivity contribution >= 4 is 23.3 Å². The first-order valence-electron chi connectivity index (χ1n) is 4.93. The molecule has 1 aromatic rings. The summed E-state index contributed by atoms with van der Waals surface area (Å²) < 4.78 is 17.7. The Hall–Kier alpha value is -1.29. The zero-order valence-electron chi connectivity index (χ0n) is 8.74. The SMILES string of the molecule is COC(=O)C1CCN1c1cc(F)ccc1Cl. The van der Waals surface area contributed by atoms with Crippen LogP contribution in [0.4, 0.5) is 10.1 Å². The smallest absolute Gasteiger partial charge is 0.328 e. The van der Waals surface area contributed by atoms with Crippen molar-refractivity contribution in [1.82, 2.24) is 0 Å². The molecule has 0 N–H and O–H groups in total. The molecule has 0 spiro atoms. The summed E-state index contributed by atoms with van der Waals surface area (Å²) in [5.41, 5.74) is 0.545. The Labute approximate surface area is 97.8 Å². The van der Waals surface area contributed by atoms with Crippen LogP contribution >= 0.6 is 11.6 Å². The van der Waals surface area contributed by atoms with E-state index in [1.165, 1.54) is 25.3 Å². The lowest BCUT2D eigenvalue weighted by molar-refractivity contribution is -0.143. The largest absolute Gasteiger partial charge is 0.467 e. The molecule has 1 aromatic carbocycles. The van der Waals surface area contributed by atoms with Gasteiger partial charge in [0.05, 0.1) is 17.8 Å². The third kappa shape index (κ3) is 1.85. The number of ether oxygens (including phenoxy) is 1. The molecule has 0 saturated carbocycles. The van der Waals surface area contributed by atoms with Crippen molar-refractivity contribution in [2.45, 2.75) is 12.5 Å². The topological polar surface area (TPSA) is 29.5 Å². The summed E-state index contributed by atoms with van der Waals surface area (Å²) in [6.07, 6.45) is 0.708. The Morgan fingerprint density at radius 3 is 2.94 bits per heavy atom. The number of carbonyl (C=O) groups is 1. The Morgan fingerprint density at radius 2 is 2.38 bits per heavy atom. The fraction of sp³-hybridized carbons (Fsp3) is 0.364. The molecule has 0 radical (unpaired) electrons. The minimum absolute atomic E-state index is 0.313. The van der Waals surface area contributed by atoms with Crippen LogP contribution in [0, 0.1) is 5.82 Å². The van der Waals surface area contributed by atoms with E-state index in [0.717, 1.165) is 0 Å². The summed E-state index contributed by atoms with van der Waals surface area (Å²) in [7, 11) is 1.34. The number of esters is 1. The highest BCUT2D eigenvalue weighted by Crippen LogP contribution is 2.33. The molecule has 1 aliphatic heterocycles. The summed E-state index contributed by atoms with van der Waals surface area (Å²) in [6, 6.07) is 3.76. The van der Waals surface area contributed by atoms with Crippen molar-refractivity contribution < 1.29 is 13.9 Å². The predicted octanol–water partition coefficient (Wildman–Crippen LogP) is 2.23. The van der Waals surface area contributed by atoms with E-state index in [2.05, 4.69) is 4.74 Å². The quantitative estimate of drug-likeness (QED) is 0.746. The van der Waals surface area contributed by atoms with E-state index in [4.69, 9.17) is 11.6 Å². The summed E-state index contributed by atoms with van der Waals surface area (Å²) >= 11 is 5.96. The molecule has 1 heterocycles. The molecule has 0 aromatic heterocycles. The number of hydrogen-bond donors (Lipinski definition) is 0. The number of methoxy groups -OCH3 is 1. The number of benzene rings is 1. The standard InChI is InChI=1S/C11H11ClFNO2/c1-16-11(15)9-4-5-14(9)10-6-7(13)2-3-8(10)12/h2-3,6,9H,4-5H2,1H3. The van der Waals surface area contributed by atoms with Gasteiger partial charge in [-0.25, -0.2) is 9.18 Å². The second kappa shape index (κ2) is 4.29. The van der Waals surface area contributed by atoms with E-state index < -0.39 is 0 Å². The normalized spacial score (nSPS) is 19.2. The molecule has 16 heavy (non-hydrogen) atoms. The van der Waals surface area contributed by atoms with Crippen molar-refractivity contribution in [2.75, 3.05) is 18.6 Å². The van der Waals surface area contributed by atoms with Gasteiger partial charge in [-0.2, -0.15) is 0 Å². The zero-order chi connectivity index (χ0) is 11.7. The van der Waals surface area contributed by atoms with Gasteiger partial charge in [-0.05, 0) is 24.6 Å². The fourth-order valence-corrected chi connectivity index (χ4v) is 1.99. The van der Waals surface area contributed by atoms with Crippen LogP contribution in [-0.2, 0) is 9.53 Å². The van der Waals surface area contributed by atoms with Gasteiger partial charge in [-0.3, -0.25) is 0 Å². The third-order valence-corrected chi connectivity index (χ3v) is 3.03. The molecule has 1 aliphatic rings. The molecule has 0 aliphatic carbocycles. The maximum absolute atomic E-state index is 13.1. The van der Waals surface area contributed by atoms with Gasteiger partial charge < -0.3 is 9.64 Å². The highest BCUT2D eigenvalue weighted by Gasteiger charge is 2.36. The Morgan fingerprint density at radius 1 is 1.62 bits per heavy atom. The van der Waals surface area contributed by atoms with Crippen LogP contribution in [0.25, 0.3) is 0 Å². The maximum atomic E-state index is 13.1. The van der Waals surface area contributed by atoms with E-state index in [1.807, 2.05) is 0 Å². The molecule has 5 heteroatoms. The van der Waals surface area contributed by atoms with E-state index in [9.17, 15) is 9.18 Å². The van der Waals surface area contributed by atoms with Crippen molar-refractivity contribution in [3.63, 3.8) is 0 Å². The monoisotopic (exact) mass is 243 g/mol. The molecule has 3 nitrogen and oxygen atoms in total. The molecular weight excluding hydrogens is 233 g/mol. The van der Waals surface area contributed by atoms with Gasteiger partial charge in [0.1, 0.15) is 11.9 Å². The van der Waals surface area contributed by atoms with Crippen LogP contribution in [0.15, 0.2) is 18.2 Å². The third-order valence-electron chi connectivity index (χ3n) is 2.71. The molecule has 1 atom stereocenters. The number of nitrogens with zero attached hydrogens (tertiary/aromatic N) is 1. The van der Waals surface area contributed by atoms with Crippen LogP contribution in [0.5, 0.6) is 0 Å². The minimum Gasteiger partial charge on any atom is -0.467 e. The highest BCUT2D eigenvalue weighted by atomic mass is 35.5. The summed E-state index contributed by atoms with van der Waals surface area (Å²) in [4.78, 5) is 13.1. The van der Waals surface area contributed by atoms with Crippen molar-refractivity contribution in [2.24, 2.45) is 0 Å². The van der Waals surface area contributed by atoms with E-state index >= 15 is 0 Å². The highest BCUT2D eigenvalue weighted by molar-refractivity contribution is 6.33. The lowest BCUT2D eigenvalue weighted by Gasteiger charge is -2.41. The lowest BCUT2D eigenvalue weighted by Crippen LogP contribution is -2.53. The second-order valence-corrected chi connectivity index (χ2v) is 4.02. The molecule has 2 rings (SSSR count).